The van der Waals surface area contributed by atoms with Crippen molar-refractivity contribution in [3.05, 3.63) is 93.5 Å². The van der Waals surface area contributed by atoms with E-state index in [1.807, 2.05) is 48.5 Å². The van der Waals surface area contributed by atoms with Crippen LogP contribution >= 0.6 is 11.3 Å². The number of nitro groups is 1. The third-order valence-electron chi connectivity index (χ3n) is 4.21. The van der Waals surface area contributed by atoms with E-state index in [1.54, 1.807) is 11.6 Å². The lowest BCUT2D eigenvalue weighted by Gasteiger charge is -2.19. The molecule has 4 rings (SSSR count). The molecule has 1 unspecified atom stereocenters. The van der Waals surface area contributed by atoms with Crippen LogP contribution in [-0.4, -0.2) is 14.3 Å². The van der Waals surface area contributed by atoms with Crippen LogP contribution in [0.5, 0.6) is 0 Å². The van der Waals surface area contributed by atoms with Crippen molar-refractivity contribution in [3.8, 4) is 0 Å². The number of hydrogen-bond acceptors (Lipinski definition) is 5. The largest absolute Gasteiger partial charge is 0.372 e. The van der Waals surface area contributed by atoms with Gasteiger partial charge in [0, 0.05) is 5.38 Å². The fourth-order valence-electron chi connectivity index (χ4n) is 3.00. The number of benzene rings is 2. The molecule has 6 nitrogen and oxygen atoms in total. The summed E-state index contributed by atoms with van der Waals surface area (Å²) in [6.07, 6.45) is 2.37. The van der Waals surface area contributed by atoms with Crippen molar-refractivity contribution in [2.45, 2.75) is 12.5 Å². The van der Waals surface area contributed by atoms with Gasteiger partial charge >= 0.3 is 5.82 Å². The molecular formula is C19H16N4O2S. The Morgan fingerprint density at radius 2 is 1.81 bits per heavy atom. The molecule has 0 aliphatic rings. The molecule has 2 aromatic heterocycles. The first-order valence-electron chi connectivity index (χ1n) is 8.18. The quantitative estimate of drug-likeness (QED) is 0.398. The first-order valence-corrected chi connectivity index (χ1v) is 9.05. The van der Waals surface area contributed by atoms with Gasteiger partial charge in [-0.15, -0.1) is 0 Å². The van der Waals surface area contributed by atoms with E-state index >= 15 is 0 Å². The van der Waals surface area contributed by atoms with E-state index < -0.39 is 0 Å². The Balaban J connectivity index is 1.72. The Labute approximate surface area is 153 Å². The summed E-state index contributed by atoms with van der Waals surface area (Å²) in [5.41, 5.74) is 2.21. The molecule has 0 aliphatic carbocycles. The lowest BCUT2D eigenvalue weighted by atomic mass is 9.99. The lowest BCUT2D eigenvalue weighted by Crippen LogP contribution is -2.15. The second-order valence-corrected chi connectivity index (χ2v) is 6.77. The van der Waals surface area contributed by atoms with Crippen LogP contribution in [0.15, 0.2) is 72.2 Å². The van der Waals surface area contributed by atoms with Gasteiger partial charge < -0.3 is 15.4 Å². The molecule has 26 heavy (non-hydrogen) atoms. The van der Waals surface area contributed by atoms with Gasteiger partial charge in [0.25, 0.3) is 4.96 Å². The average molecular weight is 364 g/mol. The van der Waals surface area contributed by atoms with Crippen LogP contribution in [0.4, 0.5) is 11.6 Å². The maximum Gasteiger partial charge on any atom is 0.372 e. The van der Waals surface area contributed by atoms with Gasteiger partial charge in [-0.1, -0.05) is 72.0 Å². The second kappa shape index (κ2) is 6.97. The molecule has 0 saturated heterocycles. The van der Waals surface area contributed by atoms with Gasteiger partial charge in [-0.3, -0.25) is 0 Å². The Morgan fingerprint density at radius 1 is 1.12 bits per heavy atom. The molecule has 4 aromatic rings. The number of nitrogens with one attached hydrogen (secondary N) is 1. The van der Waals surface area contributed by atoms with Crippen molar-refractivity contribution < 1.29 is 4.92 Å². The highest BCUT2D eigenvalue weighted by Crippen LogP contribution is 2.32. The smallest absolute Gasteiger partial charge is 0.358 e. The number of rotatable bonds is 6. The number of hydrogen-bond donors (Lipinski definition) is 1. The van der Waals surface area contributed by atoms with Crippen LogP contribution in [0.2, 0.25) is 0 Å². The molecule has 1 atom stereocenters. The van der Waals surface area contributed by atoms with Crippen LogP contribution in [0.25, 0.3) is 4.96 Å². The molecule has 0 aliphatic heterocycles. The van der Waals surface area contributed by atoms with Crippen molar-refractivity contribution in [2.24, 2.45) is 0 Å². The third kappa shape index (κ3) is 3.16. The predicted molar refractivity (Wildman–Crippen MR) is 103 cm³/mol. The minimum Gasteiger partial charge on any atom is -0.358 e. The zero-order chi connectivity index (χ0) is 17.9. The zero-order valence-electron chi connectivity index (χ0n) is 13.8. The van der Waals surface area contributed by atoms with Crippen molar-refractivity contribution >= 4 is 27.9 Å². The van der Waals surface area contributed by atoms with Crippen LogP contribution < -0.4 is 5.32 Å². The fraction of sp³-hybridized carbons (Fsp3) is 0.105. The highest BCUT2D eigenvalue weighted by Gasteiger charge is 2.26. The predicted octanol–water partition coefficient (Wildman–Crippen LogP) is 4.70. The van der Waals surface area contributed by atoms with E-state index in [0.717, 1.165) is 11.1 Å². The van der Waals surface area contributed by atoms with Crippen molar-refractivity contribution in [1.82, 2.24) is 9.38 Å². The second-order valence-electron chi connectivity index (χ2n) is 5.89. The number of imidazole rings is 1. The van der Waals surface area contributed by atoms with Crippen molar-refractivity contribution in [3.63, 3.8) is 0 Å². The maximum absolute atomic E-state index is 11.6. The first-order chi connectivity index (χ1) is 12.7. The summed E-state index contributed by atoms with van der Waals surface area (Å²) < 4.78 is 1.51. The Hall–Kier alpha value is -3.19. The van der Waals surface area contributed by atoms with Crippen LogP contribution in [-0.2, 0) is 6.42 Å². The molecule has 0 fully saturated rings. The minimum atomic E-state index is -0.389. The zero-order valence-corrected chi connectivity index (χ0v) is 14.6. The molecule has 0 spiro atoms. The SMILES string of the molecule is O=[N+]([O-])c1c(NC(Cc2ccccc2)c2ccccc2)nc2sccn12. The highest BCUT2D eigenvalue weighted by molar-refractivity contribution is 7.15. The summed E-state index contributed by atoms with van der Waals surface area (Å²) >= 11 is 1.37. The van der Waals surface area contributed by atoms with Crippen molar-refractivity contribution in [1.29, 1.82) is 0 Å². The van der Waals surface area contributed by atoms with Gasteiger partial charge in [-0.05, 0) is 22.5 Å². The number of anilines is 1. The van der Waals surface area contributed by atoms with Crippen LogP contribution in [0, 0.1) is 10.1 Å². The van der Waals surface area contributed by atoms with E-state index in [-0.39, 0.29) is 16.8 Å². The number of aromatic nitrogens is 2. The van der Waals surface area contributed by atoms with E-state index in [1.165, 1.54) is 15.7 Å². The molecule has 7 heteroatoms. The normalized spacial score (nSPS) is 12.2. The van der Waals surface area contributed by atoms with Gasteiger partial charge in [0.05, 0.1) is 6.04 Å². The van der Waals surface area contributed by atoms with Crippen LogP contribution in [0.3, 0.4) is 0 Å². The topological polar surface area (TPSA) is 72.5 Å². The summed E-state index contributed by atoms with van der Waals surface area (Å²) in [7, 11) is 0. The van der Waals surface area contributed by atoms with E-state index in [9.17, 15) is 10.1 Å². The molecule has 0 bridgehead atoms. The molecule has 2 heterocycles. The first kappa shape index (κ1) is 16.3. The van der Waals surface area contributed by atoms with Gasteiger partial charge in [0.15, 0.2) is 0 Å². The maximum atomic E-state index is 11.6. The summed E-state index contributed by atoms with van der Waals surface area (Å²) in [4.78, 5) is 16.2. The molecule has 2 aromatic carbocycles. The summed E-state index contributed by atoms with van der Waals surface area (Å²) in [6, 6.07) is 19.9. The molecule has 0 radical (unpaired) electrons. The molecule has 0 amide bonds. The molecular weight excluding hydrogens is 348 g/mol. The Bertz CT molecular complexity index is 1030. The summed E-state index contributed by atoms with van der Waals surface area (Å²) in [5.74, 6) is 0.266. The van der Waals surface area contributed by atoms with Crippen LogP contribution in [0.1, 0.15) is 17.2 Å². The monoisotopic (exact) mass is 364 g/mol. The van der Waals surface area contributed by atoms with Gasteiger partial charge in [0.1, 0.15) is 6.20 Å². The standard InChI is InChI=1S/C19H16N4O2S/c24-23(25)18-17(21-19-22(18)11-12-26-19)20-16(15-9-5-2-6-10-15)13-14-7-3-1-4-8-14/h1-12,16,20H,13H2. The van der Waals surface area contributed by atoms with E-state index in [2.05, 4.69) is 22.4 Å². The summed E-state index contributed by atoms with van der Waals surface area (Å²) in [6.45, 7) is 0. The number of thiazole rings is 1. The number of fused-ring (bicyclic) bond motifs is 1. The van der Waals surface area contributed by atoms with E-state index in [0.29, 0.717) is 17.2 Å². The minimum absolute atomic E-state index is 0.0322. The van der Waals surface area contributed by atoms with Gasteiger partial charge in [0.2, 0.25) is 5.82 Å². The average Bonchev–Trinajstić information content (AvgIpc) is 3.23. The molecule has 0 saturated carbocycles. The number of nitrogens with zero attached hydrogens (tertiary/aromatic N) is 3. The summed E-state index contributed by atoms with van der Waals surface area (Å²) in [5, 5.41) is 16.7. The fourth-order valence-corrected chi connectivity index (χ4v) is 3.71. The lowest BCUT2D eigenvalue weighted by molar-refractivity contribution is -0.389. The van der Waals surface area contributed by atoms with Gasteiger partial charge in [-0.25, -0.2) is 0 Å². The van der Waals surface area contributed by atoms with Crippen molar-refractivity contribution in [2.75, 3.05) is 5.32 Å². The Morgan fingerprint density at radius 3 is 2.50 bits per heavy atom. The molecule has 1 N–H and O–H groups in total. The Kier molecular flexibility index (Phi) is 4.37. The third-order valence-corrected chi connectivity index (χ3v) is 4.96. The van der Waals surface area contributed by atoms with E-state index in [4.69, 9.17) is 0 Å². The molecule has 130 valence electrons. The van der Waals surface area contributed by atoms with Gasteiger partial charge in [-0.2, -0.15) is 9.38 Å². The highest BCUT2D eigenvalue weighted by atomic mass is 32.1.